The number of fused-ring (bicyclic) bond motifs is 1. The van der Waals surface area contributed by atoms with Crippen molar-refractivity contribution in [2.45, 2.75) is 13.3 Å². The van der Waals surface area contributed by atoms with Gasteiger partial charge >= 0.3 is 5.97 Å². The molecule has 1 aromatic heterocycles. The maximum absolute atomic E-state index is 13.4. The SMILES string of the molecule is CCCN(c1cc2oc(-c3ccc(F)cc3)c(C(=O)O)c2cc1-c1ccccc1)S(C)(=O)=O. The van der Waals surface area contributed by atoms with Crippen LogP contribution in [0.25, 0.3) is 33.4 Å². The van der Waals surface area contributed by atoms with Crippen LogP contribution < -0.4 is 4.31 Å². The lowest BCUT2D eigenvalue weighted by molar-refractivity contribution is 0.0699. The highest BCUT2D eigenvalue weighted by atomic mass is 32.2. The highest BCUT2D eigenvalue weighted by molar-refractivity contribution is 7.92. The summed E-state index contributed by atoms with van der Waals surface area (Å²) >= 11 is 0. The third-order valence-corrected chi connectivity index (χ3v) is 6.49. The first-order valence-corrected chi connectivity index (χ1v) is 12.2. The summed E-state index contributed by atoms with van der Waals surface area (Å²) in [5.74, 6) is -1.58. The van der Waals surface area contributed by atoms with Gasteiger partial charge < -0.3 is 9.52 Å². The van der Waals surface area contributed by atoms with Gasteiger partial charge in [-0.25, -0.2) is 17.6 Å². The molecular weight excluding hydrogens is 445 g/mol. The second-order valence-electron chi connectivity index (χ2n) is 7.68. The van der Waals surface area contributed by atoms with E-state index in [0.29, 0.717) is 28.6 Å². The molecule has 0 aliphatic heterocycles. The third-order valence-electron chi connectivity index (χ3n) is 5.31. The highest BCUT2D eigenvalue weighted by Crippen LogP contribution is 2.41. The normalized spacial score (nSPS) is 11.6. The number of carbonyl (C=O) groups is 1. The molecule has 0 saturated carbocycles. The van der Waals surface area contributed by atoms with E-state index < -0.39 is 21.8 Å². The molecule has 4 aromatic rings. The van der Waals surface area contributed by atoms with Gasteiger partial charge in [-0.05, 0) is 42.3 Å². The zero-order chi connectivity index (χ0) is 23.8. The van der Waals surface area contributed by atoms with Crippen LogP contribution in [0.15, 0.2) is 71.1 Å². The molecule has 0 aliphatic carbocycles. The molecule has 170 valence electrons. The van der Waals surface area contributed by atoms with E-state index in [1.165, 1.54) is 28.6 Å². The summed E-state index contributed by atoms with van der Waals surface area (Å²) in [5.41, 5.74) is 2.26. The van der Waals surface area contributed by atoms with Crippen LogP contribution in [-0.2, 0) is 10.0 Å². The lowest BCUT2D eigenvalue weighted by atomic mass is 9.98. The highest BCUT2D eigenvalue weighted by Gasteiger charge is 2.27. The van der Waals surface area contributed by atoms with Crippen LogP contribution in [-0.4, -0.2) is 32.3 Å². The van der Waals surface area contributed by atoms with Crippen molar-refractivity contribution in [1.82, 2.24) is 0 Å². The minimum absolute atomic E-state index is 0.0678. The number of hydrogen-bond donors (Lipinski definition) is 1. The van der Waals surface area contributed by atoms with Crippen LogP contribution in [0.1, 0.15) is 23.7 Å². The van der Waals surface area contributed by atoms with Crippen molar-refractivity contribution in [1.29, 1.82) is 0 Å². The number of furan rings is 1. The quantitative estimate of drug-likeness (QED) is 0.372. The number of carboxylic acid groups (broad SMARTS) is 1. The van der Waals surface area contributed by atoms with Crippen molar-refractivity contribution < 1.29 is 27.1 Å². The fourth-order valence-corrected chi connectivity index (χ4v) is 4.89. The van der Waals surface area contributed by atoms with Crippen molar-refractivity contribution in [2.75, 3.05) is 17.1 Å². The Labute approximate surface area is 190 Å². The number of hydrogen-bond acceptors (Lipinski definition) is 4. The van der Waals surface area contributed by atoms with E-state index in [0.717, 1.165) is 11.8 Å². The Hall–Kier alpha value is -3.65. The van der Waals surface area contributed by atoms with Gasteiger partial charge in [-0.1, -0.05) is 37.3 Å². The van der Waals surface area contributed by atoms with E-state index >= 15 is 0 Å². The van der Waals surface area contributed by atoms with Gasteiger partial charge in [0, 0.05) is 29.1 Å². The Bertz CT molecular complexity index is 1430. The molecule has 1 heterocycles. The van der Waals surface area contributed by atoms with Crippen molar-refractivity contribution in [2.24, 2.45) is 0 Å². The Kier molecular flexibility index (Phi) is 5.95. The van der Waals surface area contributed by atoms with Crippen LogP contribution in [0.4, 0.5) is 10.1 Å². The number of nitrogens with zero attached hydrogens (tertiary/aromatic N) is 1. The molecule has 3 aromatic carbocycles. The number of carboxylic acids is 1. The van der Waals surface area contributed by atoms with Gasteiger partial charge in [-0.15, -0.1) is 0 Å². The van der Waals surface area contributed by atoms with E-state index in [9.17, 15) is 22.7 Å². The summed E-state index contributed by atoms with van der Waals surface area (Å²) in [4.78, 5) is 12.2. The Morgan fingerprint density at radius 2 is 1.70 bits per heavy atom. The average molecular weight is 468 g/mol. The molecule has 4 rings (SSSR count). The van der Waals surface area contributed by atoms with Gasteiger partial charge in [0.05, 0.1) is 11.9 Å². The number of rotatable bonds is 7. The van der Waals surface area contributed by atoms with Crippen molar-refractivity contribution in [3.8, 4) is 22.5 Å². The molecule has 0 amide bonds. The van der Waals surface area contributed by atoms with Crippen LogP contribution in [0.2, 0.25) is 0 Å². The summed E-state index contributed by atoms with van der Waals surface area (Å²) in [5, 5.41) is 10.3. The molecule has 0 unspecified atom stereocenters. The predicted molar refractivity (Wildman–Crippen MR) is 126 cm³/mol. The molecule has 0 radical (unpaired) electrons. The minimum atomic E-state index is -3.62. The lowest BCUT2D eigenvalue weighted by Crippen LogP contribution is -2.31. The maximum atomic E-state index is 13.4. The first-order chi connectivity index (χ1) is 15.7. The summed E-state index contributed by atoms with van der Waals surface area (Å²) < 4.78 is 45.9. The topological polar surface area (TPSA) is 87.8 Å². The zero-order valence-electron chi connectivity index (χ0n) is 18.1. The summed E-state index contributed by atoms with van der Waals surface area (Å²) in [6, 6.07) is 17.7. The van der Waals surface area contributed by atoms with Gasteiger partial charge in [-0.2, -0.15) is 0 Å². The number of halogens is 1. The second kappa shape index (κ2) is 8.71. The fraction of sp³-hybridized carbons (Fsp3) is 0.160. The van der Waals surface area contributed by atoms with Crippen LogP contribution in [0.3, 0.4) is 0 Å². The molecule has 0 spiro atoms. The van der Waals surface area contributed by atoms with Crippen LogP contribution in [0.5, 0.6) is 0 Å². The standard InChI is InChI=1S/C25H22FNO5S/c1-3-13-27(33(2,30)31)21-15-22-20(14-19(21)16-7-5-4-6-8-16)23(25(28)29)24(32-22)17-9-11-18(26)12-10-17/h4-12,14-15H,3,13H2,1-2H3,(H,28,29). The molecule has 33 heavy (non-hydrogen) atoms. The molecule has 8 heteroatoms. The Balaban J connectivity index is 2.07. The van der Waals surface area contributed by atoms with E-state index in [-0.39, 0.29) is 23.5 Å². The van der Waals surface area contributed by atoms with Gasteiger partial charge in [0.2, 0.25) is 10.0 Å². The Morgan fingerprint density at radius 3 is 2.27 bits per heavy atom. The molecule has 1 N–H and O–H groups in total. The number of anilines is 1. The third kappa shape index (κ3) is 4.34. The van der Waals surface area contributed by atoms with Crippen molar-refractivity contribution in [3.63, 3.8) is 0 Å². The fourth-order valence-electron chi connectivity index (χ4n) is 3.87. The van der Waals surface area contributed by atoms with Crippen molar-refractivity contribution in [3.05, 3.63) is 78.1 Å². The molecular formula is C25H22FNO5S. The zero-order valence-corrected chi connectivity index (χ0v) is 18.9. The second-order valence-corrected chi connectivity index (χ2v) is 9.59. The molecule has 0 aliphatic rings. The number of sulfonamides is 1. The van der Waals surface area contributed by atoms with E-state index in [4.69, 9.17) is 4.42 Å². The lowest BCUT2D eigenvalue weighted by Gasteiger charge is -2.24. The van der Waals surface area contributed by atoms with Crippen LogP contribution >= 0.6 is 0 Å². The van der Waals surface area contributed by atoms with Gasteiger partial charge in [-0.3, -0.25) is 4.31 Å². The smallest absolute Gasteiger partial charge is 0.340 e. The maximum Gasteiger partial charge on any atom is 0.340 e. The largest absolute Gasteiger partial charge is 0.478 e. The summed E-state index contributed by atoms with van der Waals surface area (Å²) in [6.07, 6.45) is 1.72. The minimum Gasteiger partial charge on any atom is -0.478 e. The first kappa shape index (κ1) is 22.5. The number of benzene rings is 3. The summed E-state index contributed by atoms with van der Waals surface area (Å²) in [7, 11) is -3.62. The number of aromatic carboxylic acids is 1. The van der Waals surface area contributed by atoms with Crippen LogP contribution in [0, 0.1) is 5.82 Å². The first-order valence-electron chi connectivity index (χ1n) is 10.3. The van der Waals surface area contributed by atoms with E-state index in [1.54, 1.807) is 12.1 Å². The molecule has 6 nitrogen and oxygen atoms in total. The van der Waals surface area contributed by atoms with Gasteiger partial charge in [0.1, 0.15) is 22.7 Å². The average Bonchev–Trinajstić information content (AvgIpc) is 3.15. The molecule has 0 bridgehead atoms. The van der Waals surface area contributed by atoms with E-state index in [1.807, 2.05) is 37.3 Å². The monoisotopic (exact) mass is 467 g/mol. The van der Waals surface area contributed by atoms with E-state index in [2.05, 4.69) is 0 Å². The molecule has 0 fully saturated rings. The van der Waals surface area contributed by atoms with Crippen molar-refractivity contribution >= 4 is 32.6 Å². The molecule has 0 saturated heterocycles. The summed E-state index contributed by atoms with van der Waals surface area (Å²) in [6.45, 7) is 2.13. The van der Waals surface area contributed by atoms with Gasteiger partial charge in [0.25, 0.3) is 0 Å². The van der Waals surface area contributed by atoms with Gasteiger partial charge in [0.15, 0.2) is 0 Å². The molecule has 0 atom stereocenters. The Morgan fingerprint density at radius 1 is 1.03 bits per heavy atom. The predicted octanol–water partition coefficient (Wildman–Crippen LogP) is 5.78.